The third-order valence-electron chi connectivity index (χ3n) is 2.42. The second-order valence-corrected chi connectivity index (χ2v) is 4.07. The Morgan fingerprint density at radius 2 is 1.86 bits per heavy atom. The van der Waals surface area contributed by atoms with E-state index in [1.807, 2.05) is 24.3 Å². The number of hydrogen-bond donors (Lipinski definition) is 2. The fraction of sp³-hybridized carbons (Fsp3) is 0.167. The molecule has 0 aromatic heterocycles. The highest BCUT2D eigenvalue weighted by Crippen LogP contribution is 2.27. The van der Waals surface area contributed by atoms with Crippen LogP contribution in [0, 0.1) is 0 Å². The molecule has 2 N–H and O–H groups in total. The molecule has 1 atom stereocenters. The molecule has 0 radical (unpaired) electrons. The van der Waals surface area contributed by atoms with Crippen LogP contribution < -0.4 is 5.73 Å². The van der Waals surface area contributed by atoms with Crippen molar-refractivity contribution in [2.75, 3.05) is 0 Å². The molecule has 1 aromatic rings. The molecule has 0 saturated carbocycles. The van der Waals surface area contributed by atoms with Crippen molar-refractivity contribution in [1.82, 2.24) is 0 Å². The zero-order valence-corrected chi connectivity index (χ0v) is 8.74. The van der Waals surface area contributed by atoms with E-state index in [9.17, 15) is 0 Å². The molecule has 1 unspecified atom stereocenters. The van der Waals surface area contributed by atoms with Crippen LogP contribution in [-0.4, -0.2) is 5.25 Å². The summed E-state index contributed by atoms with van der Waals surface area (Å²) in [5.41, 5.74) is 9.18. The Morgan fingerprint density at radius 3 is 2.50 bits per heavy atom. The minimum absolute atomic E-state index is 0.162. The van der Waals surface area contributed by atoms with Crippen LogP contribution in [0.1, 0.15) is 12.0 Å². The van der Waals surface area contributed by atoms with Crippen molar-refractivity contribution in [3.8, 4) is 0 Å². The number of thiol groups is 1. The van der Waals surface area contributed by atoms with Crippen molar-refractivity contribution in [2.45, 2.75) is 11.7 Å². The zero-order chi connectivity index (χ0) is 9.97. The summed E-state index contributed by atoms with van der Waals surface area (Å²) in [5.74, 6) is 0. The van der Waals surface area contributed by atoms with Gasteiger partial charge in [0, 0.05) is 10.9 Å². The molecule has 14 heavy (non-hydrogen) atoms. The fourth-order valence-corrected chi connectivity index (χ4v) is 1.85. The molecule has 0 bridgehead atoms. The highest BCUT2D eigenvalue weighted by atomic mass is 32.1. The molecule has 0 spiro atoms. The van der Waals surface area contributed by atoms with Gasteiger partial charge in [0.1, 0.15) is 0 Å². The zero-order valence-electron chi connectivity index (χ0n) is 7.85. The number of benzene rings is 1. The maximum absolute atomic E-state index is 5.76. The van der Waals surface area contributed by atoms with Gasteiger partial charge in [-0.2, -0.15) is 12.6 Å². The van der Waals surface area contributed by atoms with Gasteiger partial charge in [0.2, 0.25) is 0 Å². The van der Waals surface area contributed by atoms with Crippen LogP contribution in [0.4, 0.5) is 0 Å². The molecule has 1 aliphatic carbocycles. The Morgan fingerprint density at radius 1 is 1.14 bits per heavy atom. The molecule has 1 aliphatic rings. The van der Waals surface area contributed by atoms with Gasteiger partial charge in [-0.1, -0.05) is 36.4 Å². The molecule has 2 heteroatoms. The topological polar surface area (TPSA) is 26.0 Å². The van der Waals surface area contributed by atoms with Crippen LogP contribution in [0.25, 0.3) is 5.57 Å². The summed E-state index contributed by atoms with van der Waals surface area (Å²) < 4.78 is 0. The highest BCUT2D eigenvalue weighted by molar-refractivity contribution is 7.81. The molecule has 2 rings (SSSR count). The molecule has 0 fully saturated rings. The lowest BCUT2D eigenvalue weighted by Gasteiger charge is -2.18. The van der Waals surface area contributed by atoms with Gasteiger partial charge in [-0.3, -0.25) is 0 Å². The first kappa shape index (κ1) is 9.41. The van der Waals surface area contributed by atoms with Gasteiger partial charge in [-0.25, -0.2) is 0 Å². The quantitative estimate of drug-likeness (QED) is 0.674. The van der Waals surface area contributed by atoms with E-state index in [0.29, 0.717) is 0 Å². The summed E-state index contributed by atoms with van der Waals surface area (Å²) >= 11 is 4.43. The van der Waals surface area contributed by atoms with Crippen LogP contribution >= 0.6 is 12.6 Å². The summed E-state index contributed by atoms with van der Waals surface area (Å²) in [5, 5.41) is 0.162. The normalized spacial score (nSPS) is 21.4. The molecule has 0 aliphatic heterocycles. The number of nitrogens with two attached hydrogens (primary N) is 1. The standard InChI is InChI=1S/C12H13NS/c13-11-7-6-10(8-12(11)14)9-4-2-1-3-5-9/h1-7,12,14H,8,13H2. The third-order valence-corrected chi connectivity index (χ3v) is 2.90. The largest absolute Gasteiger partial charge is 0.401 e. The van der Waals surface area contributed by atoms with Gasteiger partial charge < -0.3 is 5.73 Å². The molecular formula is C12H13NS. The van der Waals surface area contributed by atoms with Gasteiger partial charge in [0.05, 0.1) is 0 Å². The van der Waals surface area contributed by atoms with Crippen molar-refractivity contribution in [1.29, 1.82) is 0 Å². The van der Waals surface area contributed by atoms with Crippen molar-refractivity contribution in [3.63, 3.8) is 0 Å². The third kappa shape index (κ3) is 1.85. The molecule has 0 heterocycles. The van der Waals surface area contributed by atoms with Gasteiger partial charge in [0.25, 0.3) is 0 Å². The first-order chi connectivity index (χ1) is 6.77. The average molecular weight is 203 g/mol. The lowest BCUT2D eigenvalue weighted by atomic mass is 9.96. The Bertz CT molecular complexity index is 379. The predicted molar refractivity (Wildman–Crippen MR) is 64.1 cm³/mol. The monoisotopic (exact) mass is 203 g/mol. The van der Waals surface area contributed by atoms with E-state index in [4.69, 9.17) is 5.73 Å². The molecule has 0 saturated heterocycles. The smallest absolute Gasteiger partial charge is 0.0453 e. The van der Waals surface area contributed by atoms with Crippen LogP contribution in [0.2, 0.25) is 0 Å². The number of allylic oxidation sites excluding steroid dienone is 3. The minimum atomic E-state index is 0.162. The van der Waals surface area contributed by atoms with Crippen molar-refractivity contribution in [2.24, 2.45) is 5.73 Å². The maximum Gasteiger partial charge on any atom is 0.0453 e. The minimum Gasteiger partial charge on any atom is -0.401 e. The fourth-order valence-electron chi connectivity index (χ4n) is 1.57. The summed E-state index contributed by atoms with van der Waals surface area (Å²) in [6.45, 7) is 0. The molecule has 0 amide bonds. The van der Waals surface area contributed by atoms with E-state index in [1.165, 1.54) is 11.1 Å². The van der Waals surface area contributed by atoms with Crippen LogP contribution in [-0.2, 0) is 0 Å². The predicted octanol–water partition coefficient (Wildman–Crippen LogP) is 2.61. The van der Waals surface area contributed by atoms with Gasteiger partial charge >= 0.3 is 0 Å². The molecule has 72 valence electrons. The summed E-state index contributed by atoms with van der Waals surface area (Å²) in [6, 6.07) is 10.3. The van der Waals surface area contributed by atoms with Crippen LogP contribution in [0.15, 0.2) is 48.2 Å². The van der Waals surface area contributed by atoms with Crippen LogP contribution in [0.5, 0.6) is 0 Å². The summed E-state index contributed by atoms with van der Waals surface area (Å²) in [7, 11) is 0. The first-order valence-corrected chi connectivity index (χ1v) is 5.19. The molecular weight excluding hydrogens is 190 g/mol. The maximum atomic E-state index is 5.76. The van der Waals surface area contributed by atoms with Gasteiger partial charge in [-0.05, 0) is 23.6 Å². The molecule has 1 aromatic carbocycles. The van der Waals surface area contributed by atoms with E-state index in [1.54, 1.807) is 0 Å². The number of hydrogen-bond acceptors (Lipinski definition) is 2. The van der Waals surface area contributed by atoms with E-state index in [2.05, 4.69) is 30.8 Å². The van der Waals surface area contributed by atoms with Crippen molar-refractivity contribution in [3.05, 3.63) is 53.7 Å². The van der Waals surface area contributed by atoms with E-state index < -0.39 is 0 Å². The Hall–Kier alpha value is -1.15. The lowest BCUT2D eigenvalue weighted by Crippen LogP contribution is -2.14. The van der Waals surface area contributed by atoms with Gasteiger partial charge in [0.15, 0.2) is 0 Å². The average Bonchev–Trinajstić information content (AvgIpc) is 2.23. The Balaban J connectivity index is 2.30. The van der Waals surface area contributed by atoms with Crippen molar-refractivity contribution < 1.29 is 0 Å². The highest BCUT2D eigenvalue weighted by Gasteiger charge is 2.13. The second kappa shape index (κ2) is 3.93. The SMILES string of the molecule is NC1=CC=C(c2ccccc2)CC1S. The van der Waals surface area contributed by atoms with Gasteiger partial charge in [-0.15, -0.1) is 0 Å². The first-order valence-electron chi connectivity index (χ1n) is 4.67. The van der Waals surface area contributed by atoms with E-state index in [-0.39, 0.29) is 5.25 Å². The lowest BCUT2D eigenvalue weighted by molar-refractivity contribution is 0.985. The van der Waals surface area contributed by atoms with Crippen LogP contribution in [0.3, 0.4) is 0 Å². The van der Waals surface area contributed by atoms with E-state index in [0.717, 1.165) is 12.1 Å². The Kier molecular flexibility index (Phi) is 2.64. The Labute approximate surface area is 89.7 Å². The summed E-state index contributed by atoms with van der Waals surface area (Å²) in [4.78, 5) is 0. The number of rotatable bonds is 1. The second-order valence-electron chi connectivity index (χ2n) is 3.44. The van der Waals surface area contributed by atoms with E-state index >= 15 is 0 Å². The van der Waals surface area contributed by atoms with Crippen molar-refractivity contribution >= 4 is 18.2 Å². The summed E-state index contributed by atoms with van der Waals surface area (Å²) in [6.07, 6.45) is 4.94. The molecule has 1 nitrogen and oxygen atoms in total.